The molecule has 0 atom stereocenters. The average molecular weight is 272 g/mol. The zero-order chi connectivity index (χ0) is 13.0. The molecule has 0 aromatic heterocycles. The molecule has 0 amide bonds. The van der Waals surface area contributed by atoms with E-state index >= 15 is 0 Å². The van der Waals surface area contributed by atoms with Gasteiger partial charge in [-0.15, -0.1) is 0 Å². The predicted octanol–water partition coefficient (Wildman–Crippen LogP) is 3.26. The van der Waals surface area contributed by atoms with Crippen LogP contribution in [0.3, 0.4) is 0 Å². The molecule has 1 saturated carbocycles. The van der Waals surface area contributed by atoms with Crippen LogP contribution in [0.15, 0.2) is 18.2 Å². The summed E-state index contributed by atoms with van der Waals surface area (Å²) in [6.07, 6.45) is 5.11. The summed E-state index contributed by atoms with van der Waals surface area (Å²) in [6.45, 7) is 1.12. The number of aliphatic hydroxyl groups is 1. The number of hydrogen-bond acceptors (Lipinski definition) is 2. The van der Waals surface area contributed by atoms with E-state index < -0.39 is 11.4 Å². The molecule has 2 N–H and O–H groups in total. The summed E-state index contributed by atoms with van der Waals surface area (Å²) in [5.41, 5.74) is 0.264. The van der Waals surface area contributed by atoms with Gasteiger partial charge in [-0.25, -0.2) is 4.39 Å². The van der Waals surface area contributed by atoms with E-state index in [0.717, 1.165) is 31.2 Å². The Morgan fingerprint density at radius 3 is 2.67 bits per heavy atom. The molecule has 100 valence electrons. The average Bonchev–Trinajstić information content (AvgIpc) is 2.34. The number of rotatable bonds is 4. The van der Waals surface area contributed by atoms with Gasteiger partial charge in [0, 0.05) is 13.1 Å². The smallest absolute Gasteiger partial charge is 0.142 e. The van der Waals surface area contributed by atoms with Crippen molar-refractivity contribution in [2.24, 2.45) is 0 Å². The minimum Gasteiger partial charge on any atom is -0.389 e. The van der Waals surface area contributed by atoms with Crippen molar-refractivity contribution >= 4 is 11.6 Å². The molecule has 0 unspecified atom stereocenters. The second kappa shape index (κ2) is 6.00. The van der Waals surface area contributed by atoms with E-state index in [1.165, 1.54) is 12.5 Å². The number of halogens is 2. The van der Waals surface area contributed by atoms with Gasteiger partial charge in [-0.2, -0.15) is 0 Å². The maximum atomic E-state index is 13.2. The molecule has 1 aromatic carbocycles. The lowest BCUT2D eigenvalue weighted by Gasteiger charge is -2.32. The van der Waals surface area contributed by atoms with Gasteiger partial charge >= 0.3 is 0 Å². The van der Waals surface area contributed by atoms with Crippen LogP contribution in [0, 0.1) is 5.82 Å². The van der Waals surface area contributed by atoms with Gasteiger partial charge in [0.05, 0.1) is 10.6 Å². The summed E-state index contributed by atoms with van der Waals surface area (Å²) in [7, 11) is 0. The van der Waals surface area contributed by atoms with Gasteiger partial charge in [0.15, 0.2) is 0 Å². The van der Waals surface area contributed by atoms with Crippen LogP contribution in [0.25, 0.3) is 0 Å². The highest BCUT2D eigenvalue weighted by Gasteiger charge is 2.28. The van der Waals surface area contributed by atoms with Gasteiger partial charge in [0.1, 0.15) is 5.82 Å². The number of benzene rings is 1. The minimum absolute atomic E-state index is 0.143. The largest absolute Gasteiger partial charge is 0.389 e. The molecule has 1 aliphatic rings. The summed E-state index contributed by atoms with van der Waals surface area (Å²) in [4.78, 5) is 0. The SMILES string of the molecule is OC1(CNCc2ccc(Cl)c(F)c2)CCCCC1. The Bertz CT molecular complexity index is 405. The van der Waals surface area contributed by atoms with Crippen molar-refractivity contribution in [1.82, 2.24) is 5.32 Å². The summed E-state index contributed by atoms with van der Waals surface area (Å²) >= 11 is 5.62. The number of nitrogens with one attached hydrogen (secondary N) is 1. The Morgan fingerprint density at radius 1 is 1.28 bits per heavy atom. The van der Waals surface area contributed by atoms with E-state index in [4.69, 9.17) is 11.6 Å². The molecule has 18 heavy (non-hydrogen) atoms. The molecular weight excluding hydrogens is 253 g/mol. The van der Waals surface area contributed by atoms with Gasteiger partial charge in [0.25, 0.3) is 0 Å². The molecule has 1 fully saturated rings. The summed E-state index contributed by atoms with van der Waals surface area (Å²) < 4.78 is 13.2. The molecule has 0 heterocycles. The molecule has 0 aliphatic heterocycles. The van der Waals surface area contributed by atoms with E-state index in [-0.39, 0.29) is 5.02 Å². The second-order valence-electron chi connectivity index (χ2n) is 5.14. The zero-order valence-corrected chi connectivity index (χ0v) is 11.1. The Labute approximate surface area is 112 Å². The van der Waals surface area contributed by atoms with Crippen LogP contribution >= 0.6 is 11.6 Å². The Hall–Kier alpha value is -0.640. The fraction of sp³-hybridized carbons (Fsp3) is 0.571. The molecule has 0 saturated heterocycles. The van der Waals surface area contributed by atoms with Crippen molar-refractivity contribution < 1.29 is 9.50 Å². The maximum absolute atomic E-state index is 13.2. The van der Waals surface area contributed by atoms with E-state index in [1.54, 1.807) is 12.1 Å². The third-order valence-electron chi connectivity index (χ3n) is 3.55. The lowest BCUT2D eigenvalue weighted by atomic mass is 9.85. The first-order valence-corrected chi connectivity index (χ1v) is 6.84. The van der Waals surface area contributed by atoms with Gasteiger partial charge in [-0.05, 0) is 30.5 Å². The first kappa shape index (κ1) is 13.8. The van der Waals surface area contributed by atoms with Crippen LogP contribution in [0.1, 0.15) is 37.7 Å². The fourth-order valence-corrected chi connectivity index (χ4v) is 2.59. The van der Waals surface area contributed by atoms with Crippen LogP contribution in [0.2, 0.25) is 5.02 Å². The van der Waals surface area contributed by atoms with Gasteiger partial charge in [-0.3, -0.25) is 0 Å². The Balaban J connectivity index is 1.82. The lowest BCUT2D eigenvalue weighted by Crippen LogP contribution is -2.41. The molecule has 2 nitrogen and oxygen atoms in total. The summed E-state index contributed by atoms with van der Waals surface area (Å²) in [5, 5.41) is 13.6. The van der Waals surface area contributed by atoms with Crippen LogP contribution in [-0.2, 0) is 6.54 Å². The molecule has 1 aliphatic carbocycles. The number of hydrogen-bond donors (Lipinski definition) is 2. The third kappa shape index (κ3) is 3.67. The quantitative estimate of drug-likeness (QED) is 0.881. The van der Waals surface area contributed by atoms with Gasteiger partial charge in [0.2, 0.25) is 0 Å². The topological polar surface area (TPSA) is 32.3 Å². The molecular formula is C14H19ClFNO. The Morgan fingerprint density at radius 2 is 2.00 bits per heavy atom. The van der Waals surface area contributed by atoms with Crippen LogP contribution in [0.4, 0.5) is 4.39 Å². The minimum atomic E-state index is -0.580. The van der Waals surface area contributed by atoms with E-state index in [1.807, 2.05) is 0 Å². The first-order valence-electron chi connectivity index (χ1n) is 6.46. The van der Waals surface area contributed by atoms with Crippen LogP contribution in [-0.4, -0.2) is 17.3 Å². The molecule has 4 heteroatoms. The van der Waals surface area contributed by atoms with Crippen LogP contribution in [0.5, 0.6) is 0 Å². The Kier molecular flexibility index (Phi) is 4.60. The molecule has 0 radical (unpaired) electrons. The zero-order valence-electron chi connectivity index (χ0n) is 10.4. The van der Waals surface area contributed by atoms with E-state index in [9.17, 15) is 9.50 Å². The van der Waals surface area contributed by atoms with E-state index in [0.29, 0.717) is 13.1 Å². The van der Waals surface area contributed by atoms with E-state index in [2.05, 4.69) is 5.32 Å². The third-order valence-corrected chi connectivity index (χ3v) is 3.86. The van der Waals surface area contributed by atoms with Crippen molar-refractivity contribution in [2.75, 3.05) is 6.54 Å². The van der Waals surface area contributed by atoms with Crippen molar-refractivity contribution in [3.05, 3.63) is 34.6 Å². The molecule has 0 bridgehead atoms. The van der Waals surface area contributed by atoms with Crippen molar-refractivity contribution in [1.29, 1.82) is 0 Å². The lowest BCUT2D eigenvalue weighted by molar-refractivity contribution is 0.00467. The first-order chi connectivity index (χ1) is 8.59. The fourth-order valence-electron chi connectivity index (χ4n) is 2.48. The standard InChI is InChI=1S/C14H19ClFNO/c15-12-5-4-11(8-13(12)16)9-17-10-14(18)6-2-1-3-7-14/h4-5,8,17-18H,1-3,6-7,9-10H2. The van der Waals surface area contributed by atoms with Gasteiger partial charge < -0.3 is 10.4 Å². The van der Waals surface area contributed by atoms with Crippen LogP contribution < -0.4 is 5.32 Å². The highest BCUT2D eigenvalue weighted by atomic mass is 35.5. The van der Waals surface area contributed by atoms with Crippen molar-refractivity contribution in [3.63, 3.8) is 0 Å². The maximum Gasteiger partial charge on any atom is 0.142 e. The molecule has 0 spiro atoms. The monoisotopic (exact) mass is 271 g/mol. The molecule has 2 rings (SSSR count). The molecule has 1 aromatic rings. The van der Waals surface area contributed by atoms with Crippen molar-refractivity contribution in [3.8, 4) is 0 Å². The van der Waals surface area contributed by atoms with Gasteiger partial charge in [-0.1, -0.05) is 36.9 Å². The summed E-state index contributed by atoms with van der Waals surface area (Å²) in [5.74, 6) is -0.396. The predicted molar refractivity (Wildman–Crippen MR) is 71.2 cm³/mol. The highest BCUT2D eigenvalue weighted by molar-refractivity contribution is 6.30. The normalized spacial score (nSPS) is 18.8. The highest BCUT2D eigenvalue weighted by Crippen LogP contribution is 2.27. The second-order valence-corrected chi connectivity index (χ2v) is 5.54. The van der Waals surface area contributed by atoms with Crippen molar-refractivity contribution in [2.45, 2.75) is 44.2 Å². The summed E-state index contributed by atoms with van der Waals surface area (Å²) in [6, 6.07) is 4.78.